The molecule has 0 unspecified atom stereocenters. The molecule has 1 saturated heterocycles. The summed E-state index contributed by atoms with van der Waals surface area (Å²) in [6.45, 7) is 7.07. The molecule has 0 amide bonds. The van der Waals surface area contributed by atoms with E-state index >= 15 is 0 Å². The standard InChI is InChI=1S/C16H22N6O/c1-11-19-12(2)22(20-11)9-13-8-21(6-7-23-13)16-14-4-3-5-15(14)17-10-18-16/h10,13H,3-9H2,1-2H3/t13-/m1/s1. The lowest BCUT2D eigenvalue weighted by Crippen LogP contribution is -2.45. The third kappa shape index (κ3) is 2.81. The minimum atomic E-state index is 0.107. The predicted molar refractivity (Wildman–Crippen MR) is 85.5 cm³/mol. The van der Waals surface area contributed by atoms with Crippen molar-refractivity contribution in [3.05, 3.63) is 29.2 Å². The van der Waals surface area contributed by atoms with Crippen LogP contribution < -0.4 is 4.90 Å². The second-order valence-corrected chi connectivity index (χ2v) is 6.30. The summed E-state index contributed by atoms with van der Waals surface area (Å²) in [6, 6.07) is 0. The molecular weight excluding hydrogens is 292 g/mol. The lowest BCUT2D eigenvalue weighted by atomic mass is 10.2. The van der Waals surface area contributed by atoms with Crippen molar-refractivity contribution >= 4 is 5.82 Å². The normalized spacial score (nSPS) is 20.8. The highest BCUT2D eigenvalue weighted by Crippen LogP contribution is 2.28. The second-order valence-electron chi connectivity index (χ2n) is 6.30. The third-order valence-electron chi connectivity index (χ3n) is 4.63. The van der Waals surface area contributed by atoms with Gasteiger partial charge in [0.15, 0.2) is 0 Å². The van der Waals surface area contributed by atoms with E-state index in [-0.39, 0.29) is 6.10 Å². The van der Waals surface area contributed by atoms with Crippen LogP contribution in [0.4, 0.5) is 5.82 Å². The Balaban J connectivity index is 1.51. The molecule has 7 heteroatoms. The Morgan fingerprint density at radius 3 is 3.00 bits per heavy atom. The zero-order valence-electron chi connectivity index (χ0n) is 13.7. The largest absolute Gasteiger partial charge is 0.373 e. The van der Waals surface area contributed by atoms with Crippen LogP contribution in [0.25, 0.3) is 0 Å². The Bertz CT molecular complexity index is 713. The lowest BCUT2D eigenvalue weighted by molar-refractivity contribution is 0.0266. The van der Waals surface area contributed by atoms with E-state index in [9.17, 15) is 0 Å². The highest BCUT2D eigenvalue weighted by Gasteiger charge is 2.27. The van der Waals surface area contributed by atoms with Crippen LogP contribution in [0.15, 0.2) is 6.33 Å². The third-order valence-corrected chi connectivity index (χ3v) is 4.63. The highest BCUT2D eigenvalue weighted by molar-refractivity contribution is 5.50. The molecule has 2 aliphatic rings. The highest BCUT2D eigenvalue weighted by atomic mass is 16.5. The van der Waals surface area contributed by atoms with Gasteiger partial charge in [0.1, 0.15) is 23.8 Å². The van der Waals surface area contributed by atoms with Gasteiger partial charge in [-0.3, -0.25) is 0 Å². The fourth-order valence-electron chi connectivity index (χ4n) is 3.56. The van der Waals surface area contributed by atoms with Crippen LogP contribution in [0.5, 0.6) is 0 Å². The monoisotopic (exact) mass is 314 g/mol. The molecule has 2 aromatic heterocycles. The molecule has 0 aromatic carbocycles. The summed E-state index contributed by atoms with van der Waals surface area (Å²) >= 11 is 0. The van der Waals surface area contributed by atoms with Crippen LogP contribution >= 0.6 is 0 Å². The van der Waals surface area contributed by atoms with Crippen molar-refractivity contribution in [2.75, 3.05) is 24.6 Å². The number of fused-ring (bicyclic) bond motifs is 1. The van der Waals surface area contributed by atoms with E-state index in [4.69, 9.17) is 4.74 Å². The maximum Gasteiger partial charge on any atom is 0.147 e. The number of morpholine rings is 1. The number of rotatable bonds is 3. The van der Waals surface area contributed by atoms with Crippen LogP contribution in [-0.2, 0) is 24.1 Å². The maximum atomic E-state index is 5.94. The molecule has 0 saturated carbocycles. The van der Waals surface area contributed by atoms with E-state index in [2.05, 4.69) is 25.0 Å². The van der Waals surface area contributed by atoms with Crippen molar-refractivity contribution in [2.24, 2.45) is 0 Å². The SMILES string of the molecule is Cc1nc(C)n(C[C@H]2CN(c3ncnc4c3CCC4)CCO2)n1. The van der Waals surface area contributed by atoms with Crippen molar-refractivity contribution in [3.63, 3.8) is 0 Å². The van der Waals surface area contributed by atoms with Crippen molar-refractivity contribution in [1.82, 2.24) is 24.7 Å². The lowest BCUT2D eigenvalue weighted by Gasteiger charge is -2.34. The Hall–Kier alpha value is -2.02. The van der Waals surface area contributed by atoms with E-state index < -0.39 is 0 Å². The Morgan fingerprint density at radius 2 is 2.17 bits per heavy atom. The molecule has 1 aliphatic carbocycles. The van der Waals surface area contributed by atoms with Gasteiger partial charge in [-0.25, -0.2) is 19.6 Å². The molecule has 4 rings (SSSR count). The van der Waals surface area contributed by atoms with Gasteiger partial charge in [0.2, 0.25) is 0 Å². The van der Waals surface area contributed by atoms with Gasteiger partial charge in [0.25, 0.3) is 0 Å². The van der Waals surface area contributed by atoms with E-state index in [1.165, 1.54) is 17.7 Å². The van der Waals surface area contributed by atoms with E-state index in [0.717, 1.165) is 56.5 Å². The van der Waals surface area contributed by atoms with Gasteiger partial charge in [-0.05, 0) is 33.1 Å². The van der Waals surface area contributed by atoms with Gasteiger partial charge < -0.3 is 9.64 Å². The van der Waals surface area contributed by atoms with Crippen molar-refractivity contribution in [2.45, 2.75) is 45.8 Å². The van der Waals surface area contributed by atoms with Crippen LogP contribution in [0.3, 0.4) is 0 Å². The fourth-order valence-corrected chi connectivity index (χ4v) is 3.56. The number of hydrogen-bond acceptors (Lipinski definition) is 6. The number of ether oxygens (including phenoxy) is 1. The summed E-state index contributed by atoms with van der Waals surface area (Å²) < 4.78 is 7.88. The molecule has 0 N–H and O–H groups in total. The topological polar surface area (TPSA) is 69.0 Å². The van der Waals surface area contributed by atoms with E-state index in [1.54, 1.807) is 6.33 Å². The first-order valence-corrected chi connectivity index (χ1v) is 8.28. The molecule has 3 heterocycles. The summed E-state index contributed by atoms with van der Waals surface area (Å²) in [5.74, 6) is 2.85. The molecule has 0 radical (unpaired) electrons. The fraction of sp³-hybridized carbons (Fsp3) is 0.625. The Kier molecular flexibility index (Phi) is 3.72. The molecule has 1 fully saturated rings. The molecule has 0 spiro atoms. The zero-order chi connectivity index (χ0) is 15.8. The number of aryl methyl sites for hydroxylation is 3. The summed E-state index contributed by atoms with van der Waals surface area (Å²) in [6.07, 6.45) is 5.17. The van der Waals surface area contributed by atoms with E-state index in [1.807, 2.05) is 18.5 Å². The quantitative estimate of drug-likeness (QED) is 0.844. The second kappa shape index (κ2) is 5.88. The van der Waals surface area contributed by atoms with Gasteiger partial charge in [-0.15, -0.1) is 0 Å². The first kappa shape index (κ1) is 14.6. The summed E-state index contributed by atoms with van der Waals surface area (Å²) in [5, 5.41) is 4.44. The average Bonchev–Trinajstić information content (AvgIpc) is 3.14. The first-order valence-electron chi connectivity index (χ1n) is 8.28. The minimum Gasteiger partial charge on any atom is -0.373 e. The zero-order valence-corrected chi connectivity index (χ0v) is 13.7. The smallest absolute Gasteiger partial charge is 0.147 e. The number of nitrogens with zero attached hydrogens (tertiary/aromatic N) is 6. The number of hydrogen-bond donors (Lipinski definition) is 0. The molecule has 23 heavy (non-hydrogen) atoms. The first-order chi connectivity index (χ1) is 11.2. The predicted octanol–water partition coefficient (Wildman–Crippen LogP) is 1.08. The van der Waals surface area contributed by atoms with Crippen LogP contribution in [0, 0.1) is 13.8 Å². The van der Waals surface area contributed by atoms with Crippen LogP contribution in [-0.4, -0.2) is 50.5 Å². The van der Waals surface area contributed by atoms with Crippen molar-refractivity contribution in [1.29, 1.82) is 0 Å². The molecular formula is C16H22N6O. The molecule has 2 aromatic rings. The van der Waals surface area contributed by atoms with Crippen LogP contribution in [0.1, 0.15) is 29.3 Å². The molecule has 122 valence electrons. The number of aromatic nitrogens is 5. The maximum absolute atomic E-state index is 5.94. The average molecular weight is 314 g/mol. The molecule has 7 nitrogen and oxygen atoms in total. The number of anilines is 1. The summed E-state index contributed by atoms with van der Waals surface area (Å²) in [7, 11) is 0. The summed E-state index contributed by atoms with van der Waals surface area (Å²) in [5.41, 5.74) is 2.56. The Morgan fingerprint density at radius 1 is 1.26 bits per heavy atom. The van der Waals surface area contributed by atoms with Crippen molar-refractivity contribution < 1.29 is 4.74 Å². The van der Waals surface area contributed by atoms with Crippen LogP contribution in [0.2, 0.25) is 0 Å². The van der Waals surface area contributed by atoms with Gasteiger partial charge in [0, 0.05) is 24.3 Å². The molecule has 1 aliphatic heterocycles. The molecule has 0 bridgehead atoms. The molecule has 1 atom stereocenters. The summed E-state index contributed by atoms with van der Waals surface area (Å²) in [4.78, 5) is 15.7. The van der Waals surface area contributed by atoms with Gasteiger partial charge in [-0.2, -0.15) is 5.10 Å². The van der Waals surface area contributed by atoms with Crippen molar-refractivity contribution in [3.8, 4) is 0 Å². The van der Waals surface area contributed by atoms with E-state index in [0.29, 0.717) is 0 Å². The van der Waals surface area contributed by atoms with Gasteiger partial charge >= 0.3 is 0 Å². The van der Waals surface area contributed by atoms with Gasteiger partial charge in [0.05, 0.1) is 19.3 Å². The minimum absolute atomic E-state index is 0.107. The Labute approximate surface area is 135 Å². The van der Waals surface area contributed by atoms with Gasteiger partial charge in [-0.1, -0.05) is 0 Å².